The average Bonchev–Trinajstić information content (AvgIpc) is 2.61. The van der Waals surface area contributed by atoms with E-state index in [1.165, 1.54) is 24.4 Å². The molecule has 0 unspecified atom stereocenters. The Kier molecular flexibility index (Phi) is 5.41. The molecule has 0 saturated heterocycles. The quantitative estimate of drug-likeness (QED) is 0.790. The molecule has 2 aromatic rings. The number of ether oxygens (including phenoxy) is 1. The summed E-state index contributed by atoms with van der Waals surface area (Å²) in [7, 11) is 2.96. The molecule has 1 aromatic carbocycles. The van der Waals surface area contributed by atoms with Crippen molar-refractivity contribution in [1.82, 2.24) is 14.9 Å². The number of aromatic nitrogens is 2. The highest BCUT2D eigenvalue weighted by Gasteiger charge is 2.20. The van der Waals surface area contributed by atoms with E-state index >= 15 is 0 Å². The molecule has 0 N–H and O–H groups in total. The lowest BCUT2D eigenvalue weighted by atomic mass is 10.1. The lowest BCUT2D eigenvalue weighted by molar-refractivity contribution is -0.145. The minimum atomic E-state index is -0.390. The monoisotopic (exact) mass is 313 g/mol. The summed E-state index contributed by atoms with van der Waals surface area (Å²) >= 11 is 0. The number of benzene rings is 1. The number of amides is 1. The van der Waals surface area contributed by atoms with Crippen molar-refractivity contribution in [3.05, 3.63) is 48.3 Å². The van der Waals surface area contributed by atoms with Gasteiger partial charge >= 0.3 is 5.97 Å². The van der Waals surface area contributed by atoms with Crippen molar-refractivity contribution in [2.75, 3.05) is 20.7 Å². The Morgan fingerprint density at radius 1 is 1.17 bits per heavy atom. The predicted molar refractivity (Wildman–Crippen MR) is 85.6 cm³/mol. The minimum Gasteiger partial charge on any atom is -0.469 e. The van der Waals surface area contributed by atoms with Crippen molar-refractivity contribution in [2.24, 2.45) is 5.92 Å². The van der Waals surface area contributed by atoms with E-state index in [1.54, 1.807) is 14.0 Å². The van der Waals surface area contributed by atoms with Crippen LogP contribution in [0.3, 0.4) is 0 Å². The number of nitrogens with zero attached hydrogens (tertiary/aromatic N) is 3. The van der Waals surface area contributed by atoms with Gasteiger partial charge in [-0.05, 0) is 0 Å². The Morgan fingerprint density at radius 2 is 1.78 bits per heavy atom. The first-order valence-corrected chi connectivity index (χ1v) is 7.23. The van der Waals surface area contributed by atoms with Gasteiger partial charge in [0.25, 0.3) is 5.91 Å². The van der Waals surface area contributed by atoms with E-state index in [2.05, 4.69) is 14.7 Å². The molecule has 0 fully saturated rings. The van der Waals surface area contributed by atoms with Crippen LogP contribution in [0.1, 0.15) is 17.3 Å². The molecule has 1 aromatic heterocycles. The molecule has 1 heterocycles. The summed E-state index contributed by atoms with van der Waals surface area (Å²) in [6.07, 6.45) is 2.99. The Hall–Kier alpha value is -2.76. The Morgan fingerprint density at radius 3 is 2.35 bits per heavy atom. The molecule has 6 heteroatoms. The van der Waals surface area contributed by atoms with Crippen LogP contribution in [0.25, 0.3) is 11.4 Å². The summed E-state index contributed by atoms with van der Waals surface area (Å²) < 4.78 is 4.66. The van der Waals surface area contributed by atoms with Gasteiger partial charge in [-0.15, -0.1) is 0 Å². The van der Waals surface area contributed by atoms with Crippen LogP contribution in [0.5, 0.6) is 0 Å². The SMILES string of the molecule is COC(=O)[C@@H](C)CN(C)C(=O)c1cnc(-c2ccccc2)nc1. The normalized spacial score (nSPS) is 11.6. The molecule has 0 aliphatic carbocycles. The zero-order valence-corrected chi connectivity index (χ0v) is 13.4. The highest BCUT2D eigenvalue weighted by molar-refractivity contribution is 5.93. The van der Waals surface area contributed by atoms with E-state index in [1.807, 2.05) is 30.3 Å². The molecule has 0 saturated carbocycles. The molecule has 1 amide bonds. The van der Waals surface area contributed by atoms with Crippen molar-refractivity contribution >= 4 is 11.9 Å². The summed E-state index contributed by atoms with van der Waals surface area (Å²) in [6, 6.07) is 9.53. The number of carbonyl (C=O) groups is 2. The zero-order valence-electron chi connectivity index (χ0n) is 13.4. The van der Waals surface area contributed by atoms with Crippen LogP contribution >= 0.6 is 0 Å². The summed E-state index contributed by atoms with van der Waals surface area (Å²) in [4.78, 5) is 33.7. The van der Waals surface area contributed by atoms with Crippen molar-refractivity contribution in [2.45, 2.75) is 6.92 Å². The second kappa shape index (κ2) is 7.49. The van der Waals surface area contributed by atoms with Crippen molar-refractivity contribution in [1.29, 1.82) is 0 Å². The van der Waals surface area contributed by atoms with Crippen LogP contribution in [-0.4, -0.2) is 47.4 Å². The van der Waals surface area contributed by atoms with Crippen molar-refractivity contribution < 1.29 is 14.3 Å². The number of carbonyl (C=O) groups excluding carboxylic acids is 2. The smallest absolute Gasteiger partial charge is 0.310 e. The highest BCUT2D eigenvalue weighted by Crippen LogP contribution is 2.14. The molecule has 120 valence electrons. The lowest BCUT2D eigenvalue weighted by Gasteiger charge is -2.20. The molecule has 0 spiro atoms. The fraction of sp³-hybridized carbons (Fsp3) is 0.294. The third-order valence-electron chi connectivity index (χ3n) is 3.43. The van der Waals surface area contributed by atoms with Crippen LogP contribution < -0.4 is 0 Å². The minimum absolute atomic E-state index is 0.236. The number of hydrogen-bond donors (Lipinski definition) is 0. The summed E-state index contributed by atoms with van der Waals surface area (Å²) in [5.74, 6) is -0.410. The van der Waals surface area contributed by atoms with Crippen molar-refractivity contribution in [3.8, 4) is 11.4 Å². The Bertz CT molecular complexity index is 671. The van der Waals surface area contributed by atoms with Crippen LogP contribution in [0, 0.1) is 5.92 Å². The molecule has 2 rings (SSSR count). The van der Waals surface area contributed by atoms with Crippen LogP contribution in [0.4, 0.5) is 0 Å². The largest absolute Gasteiger partial charge is 0.469 e. The van der Waals surface area contributed by atoms with Crippen LogP contribution in [0.2, 0.25) is 0 Å². The van der Waals surface area contributed by atoms with Gasteiger partial charge in [-0.1, -0.05) is 37.3 Å². The topological polar surface area (TPSA) is 72.4 Å². The first-order valence-electron chi connectivity index (χ1n) is 7.23. The molecule has 0 bridgehead atoms. The molecule has 23 heavy (non-hydrogen) atoms. The van der Waals surface area contributed by atoms with Gasteiger partial charge in [-0.2, -0.15) is 0 Å². The number of hydrogen-bond acceptors (Lipinski definition) is 5. The van der Waals surface area contributed by atoms with Gasteiger partial charge in [-0.3, -0.25) is 9.59 Å². The van der Waals surface area contributed by atoms with Gasteiger partial charge in [0.1, 0.15) is 0 Å². The first kappa shape index (κ1) is 16.6. The number of esters is 1. The Balaban J connectivity index is 2.07. The van der Waals surface area contributed by atoms with Gasteiger partial charge in [0.05, 0.1) is 18.6 Å². The van der Waals surface area contributed by atoms with Crippen molar-refractivity contribution in [3.63, 3.8) is 0 Å². The number of methoxy groups -OCH3 is 1. The van der Waals surface area contributed by atoms with Crippen LogP contribution in [0.15, 0.2) is 42.7 Å². The fourth-order valence-electron chi connectivity index (χ4n) is 2.16. The molecule has 0 aliphatic heterocycles. The molecule has 0 aliphatic rings. The van der Waals surface area contributed by atoms with E-state index in [0.717, 1.165) is 5.56 Å². The maximum Gasteiger partial charge on any atom is 0.310 e. The van der Waals surface area contributed by atoms with Gasteiger partial charge in [-0.25, -0.2) is 9.97 Å². The first-order chi connectivity index (χ1) is 11.0. The zero-order chi connectivity index (χ0) is 16.8. The second-order valence-electron chi connectivity index (χ2n) is 5.27. The maximum absolute atomic E-state index is 12.3. The van der Waals surface area contributed by atoms with Crippen LogP contribution in [-0.2, 0) is 9.53 Å². The van der Waals surface area contributed by atoms with E-state index in [9.17, 15) is 9.59 Å². The van der Waals surface area contributed by atoms with E-state index in [0.29, 0.717) is 11.4 Å². The second-order valence-corrected chi connectivity index (χ2v) is 5.27. The predicted octanol–water partition coefficient (Wildman–Crippen LogP) is 2.02. The molecular formula is C17H19N3O3. The molecule has 1 atom stereocenters. The highest BCUT2D eigenvalue weighted by atomic mass is 16.5. The van der Waals surface area contributed by atoms with Gasteiger partial charge in [0.15, 0.2) is 5.82 Å². The third kappa shape index (κ3) is 4.12. The third-order valence-corrected chi connectivity index (χ3v) is 3.43. The summed E-state index contributed by atoms with van der Waals surface area (Å²) in [6.45, 7) is 1.98. The van der Waals surface area contributed by atoms with Gasteiger partial charge in [0.2, 0.25) is 0 Å². The lowest BCUT2D eigenvalue weighted by Crippen LogP contribution is -2.34. The summed E-state index contributed by atoms with van der Waals surface area (Å²) in [5, 5.41) is 0. The standard InChI is InChI=1S/C17H19N3O3/c1-12(17(22)23-3)11-20(2)16(21)14-9-18-15(19-10-14)13-7-5-4-6-8-13/h4-10,12H,11H2,1-3H3/t12-/m0/s1. The number of rotatable bonds is 5. The molecule has 6 nitrogen and oxygen atoms in total. The summed E-state index contributed by atoms with van der Waals surface area (Å²) in [5.41, 5.74) is 1.27. The van der Waals surface area contributed by atoms with E-state index in [-0.39, 0.29) is 18.4 Å². The molecular weight excluding hydrogens is 294 g/mol. The maximum atomic E-state index is 12.3. The Labute approximate surface area is 135 Å². The fourth-order valence-corrected chi connectivity index (χ4v) is 2.16. The average molecular weight is 313 g/mol. The van der Waals surface area contributed by atoms with E-state index in [4.69, 9.17) is 0 Å². The van der Waals surface area contributed by atoms with E-state index < -0.39 is 5.92 Å². The van der Waals surface area contributed by atoms with Gasteiger partial charge in [0, 0.05) is 31.5 Å². The molecule has 0 radical (unpaired) electrons. The van der Waals surface area contributed by atoms with Gasteiger partial charge < -0.3 is 9.64 Å².